The van der Waals surface area contributed by atoms with Gasteiger partial charge in [-0.3, -0.25) is 9.59 Å². The second kappa shape index (κ2) is 8.54. The molecule has 1 fully saturated rings. The van der Waals surface area contributed by atoms with Crippen LogP contribution in [0.2, 0.25) is 0 Å². The molecule has 0 saturated carbocycles. The fraction of sp³-hybridized carbons (Fsp3) is 0.529. The van der Waals surface area contributed by atoms with Gasteiger partial charge in [-0.2, -0.15) is 0 Å². The molecule has 1 atom stereocenters. The second-order valence-electron chi connectivity index (χ2n) is 5.64. The maximum absolute atomic E-state index is 12.0. The van der Waals surface area contributed by atoms with Crippen LogP contribution in [-0.2, 0) is 9.53 Å². The van der Waals surface area contributed by atoms with Crippen molar-refractivity contribution in [1.29, 1.82) is 0 Å². The SMILES string of the molecule is CN(CCC1CCCCO1)C(=O)CNC(=O)c1ccccc1. The summed E-state index contributed by atoms with van der Waals surface area (Å²) in [6.45, 7) is 1.51. The van der Waals surface area contributed by atoms with E-state index < -0.39 is 0 Å². The number of hydrogen-bond acceptors (Lipinski definition) is 3. The first-order valence-corrected chi connectivity index (χ1v) is 7.85. The maximum atomic E-state index is 12.0. The lowest BCUT2D eigenvalue weighted by Crippen LogP contribution is -2.39. The van der Waals surface area contributed by atoms with Crippen LogP contribution < -0.4 is 5.32 Å². The highest BCUT2D eigenvalue weighted by Crippen LogP contribution is 2.15. The third kappa shape index (κ3) is 5.15. The van der Waals surface area contributed by atoms with E-state index >= 15 is 0 Å². The number of hydrogen-bond donors (Lipinski definition) is 1. The Bertz CT molecular complexity index is 484. The lowest BCUT2D eigenvalue weighted by atomic mass is 10.1. The minimum atomic E-state index is -0.224. The zero-order valence-electron chi connectivity index (χ0n) is 13.1. The first-order valence-electron chi connectivity index (χ1n) is 7.85. The molecule has 1 aromatic rings. The number of ether oxygens (including phenoxy) is 1. The van der Waals surface area contributed by atoms with Gasteiger partial charge in [-0.05, 0) is 37.8 Å². The minimum absolute atomic E-state index is 0.0236. The average molecular weight is 304 g/mol. The number of carbonyl (C=O) groups is 2. The monoisotopic (exact) mass is 304 g/mol. The lowest BCUT2D eigenvalue weighted by molar-refractivity contribution is -0.129. The van der Waals surface area contributed by atoms with Crippen LogP contribution in [0.4, 0.5) is 0 Å². The van der Waals surface area contributed by atoms with Crippen molar-refractivity contribution in [1.82, 2.24) is 10.2 Å². The van der Waals surface area contributed by atoms with Gasteiger partial charge >= 0.3 is 0 Å². The van der Waals surface area contributed by atoms with Crippen molar-refractivity contribution in [3.05, 3.63) is 35.9 Å². The van der Waals surface area contributed by atoms with Gasteiger partial charge in [-0.1, -0.05) is 18.2 Å². The summed E-state index contributed by atoms with van der Waals surface area (Å²) < 4.78 is 5.66. The predicted octanol–water partition coefficient (Wildman–Crippen LogP) is 1.83. The summed E-state index contributed by atoms with van der Waals surface area (Å²) in [5, 5.41) is 2.66. The van der Waals surface area contributed by atoms with Crippen molar-refractivity contribution in [2.24, 2.45) is 0 Å². The summed E-state index contributed by atoms with van der Waals surface area (Å²) in [4.78, 5) is 25.6. The highest BCUT2D eigenvalue weighted by Gasteiger charge is 2.16. The zero-order chi connectivity index (χ0) is 15.8. The molecule has 5 nitrogen and oxygen atoms in total. The van der Waals surface area contributed by atoms with Crippen molar-refractivity contribution in [3.63, 3.8) is 0 Å². The molecule has 0 bridgehead atoms. The van der Waals surface area contributed by atoms with Gasteiger partial charge in [0.1, 0.15) is 0 Å². The van der Waals surface area contributed by atoms with Gasteiger partial charge in [-0.25, -0.2) is 0 Å². The number of likely N-dealkylation sites (N-methyl/N-ethyl adjacent to an activating group) is 1. The highest BCUT2D eigenvalue weighted by molar-refractivity contribution is 5.96. The van der Waals surface area contributed by atoms with Gasteiger partial charge < -0.3 is 15.0 Å². The molecule has 0 aromatic heterocycles. The van der Waals surface area contributed by atoms with Crippen LogP contribution in [0, 0.1) is 0 Å². The molecule has 1 unspecified atom stereocenters. The van der Waals surface area contributed by atoms with E-state index in [4.69, 9.17) is 4.74 Å². The number of nitrogens with zero attached hydrogens (tertiary/aromatic N) is 1. The molecule has 1 aliphatic heterocycles. The molecule has 0 radical (unpaired) electrons. The van der Waals surface area contributed by atoms with Gasteiger partial charge in [-0.15, -0.1) is 0 Å². The molecule has 0 aliphatic carbocycles. The molecule has 1 N–H and O–H groups in total. The van der Waals surface area contributed by atoms with Gasteiger partial charge in [0.2, 0.25) is 5.91 Å². The van der Waals surface area contributed by atoms with Crippen LogP contribution in [0.15, 0.2) is 30.3 Å². The average Bonchev–Trinajstić information content (AvgIpc) is 2.58. The normalized spacial score (nSPS) is 17.8. The summed E-state index contributed by atoms with van der Waals surface area (Å²) in [5.74, 6) is -0.307. The van der Waals surface area contributed by atoms with Crippen molar-refractivity contribution >= 4 is 11.8 Å². The van der Waals surface area contributed by atoms with E-state index in [-0.39, 0.29) is 24.5 Å². The van der Waals surface area contributed by atoms with E-state index in [0.717, 1.165) is 25.9 Å². The summed E-state index contributed by atoms with van der Waals surface area (Å²) in [7, 11) is 1.76. The van der Waals surface area contributed by atoms with Gasteiger partial charge in [0.15, 0.2) is 0 Å². The highest BCUT2D eigenvalue weighted by atomic mass is 16.5. The summed E-state index contributed by atoms with van der Waals surface area (Å²) in [6, 6.07) is 8.90. The standard InChI is InChI=1S/C17H24N2O3/c1-19(11-10-15-9-5-6-12-22-15)16(20)13-18-17(21)14-7-3-2-4-8-14/h2-4,7-8,15H,5-6,9-13H2,1H3,(H,18,21). The molecular weight excluding hydrogens is 280 g/mol. The Kier molecular flexibility index (Phi) is 6.40. The van der Waals surface area contributed by atoms with E-state index in [1.807, 2.05) is 6.07 Å². The van der Waals surface area contributed by atoms with Gasteiger partial charge in [0, 0.05) is 25.8 Å². The smallest absolute Gasteiger partial charge is 0.251 e. The Morgan fingerprint density at radius 3 is 2.73 bits per heavy atom. The van der Waals surface area contributed by atoms with Crippen LogP contribution in [0.3, 0.4) is 0 Å². The molecule has 1 aromatic carbocycles. The van der Waals surface area contributed by atoms with Crippen molar-refractivity contribution in [2.45, 2.75) is 31.8 Å². The molecular formula is C17H24N2O3. The largest absolute Gasteiger partial charge is 0.378 e. The Balaban J connectivity index is 1.68. The first kappa shape index (κ1) is 16.5. The van der Waals surface area contributed by atoms with E-state index in [9.17, 15) is 9.59 Å². The van der Waals surface area contributed by atoms with Gasteiger partial charge in [0.05, 0.1) is 12.6 Å². The van der Waals surface area contributed by atoms with E-state index in [1.54, 1.807) is 36.2 Å². The Hall–Kier alpha value is -1.88. The number of amides is 2. The van der Waals surface area contributed by atoms with Gasteiger partial charge in [0.25, 0.3) is 5.91 Å². The number of benzene rings is 1. The third-order valence-corrected chi connectivity index (χ3v) is 3.92. The molecule has 0 spiro atoms. The summed E-state index contributed by atoms with van der Waals surface area (Å²) >= 11 is 0. The molecule has 2 amide bonds. The van der Waals surface area contributed by atoms with Crippen LogP contribution in [0.25, 0.3) is 0 Å². The van der Waals surface area contributed by atoms with E-state index in [1.165, 1.54) is 6.42 Å². The van der Waals surface area contributed by atoms with Crippen molar-refractivity contribution in [3.8, 4) is 0 Å². The first-order chi connectivity index (χ1) is 10.7. The Morgan fingerprint density at radius 1 is 1.27 bits per heavy atom. The van der Waals surface area contributed by atoms with Crippen LogP contribution in [0.1, 0.15) is 36.0 Å². The fourth-order valence-corrected chi connectivity index (χ4v) is 2.48. The third-order valence-electron chi connectivity index (χ3n) is 3.92. The Morgan fingerprint density at radius 2 is 2.05 bits per heavy atom. The molecule has 1 saturated heterocycles. The summed E-state index contributed by atoms with van der Waals surface area (Å²) in [6.07, 6.45) is 4.54. The molecule has 22 heavy (non-hydrogen) atoms. The van der Waals surface area contributed by atoms with Crippen LogP contribution >= 0.6 is 0 Å². The van der Waals surface area contributed by atoms with E-state index in [2.05, 4.69) is 5.32 Å². The number of rotatable bonds is 6. The van der Waals surface area contributed by atoms with Crippen molar-refractivity contribution in [2.75, 3.05) is 26.7 Å². The zero-order valence-corrected chi connectivity index (χ0v) is 13.1. The summed E-state index contributed by atoms with van der Waals surface area (Å²) in [5.41, 5.74) is 0.563. The maximum Gasteiger partial charge on any atom is 0.251 e. The molecule has 120 valence electrons. The fourth-order valence-electron chi connectivity index (χ4n) is 2.48. The molecule has 2 rings (SSSR count). The lowest BCUT2D eigenvalue weighted by Gasteiger charge is -2.25. The number of nitrogens with one attached hydrogen (secondary N) is 1. The van der Waals surface area contributed by atoms with Crippen LogP contribution in [-0.4, -0.2) is 49.6 Å². The second-order valence-corrected chi connectivity index (χ2v) is 5.64. The van der Waals surface area contributed by atoms with Crippen LogP contribution in [0.5, 0.6) is 0 Å². The minimum Gasteiger partial charge on any atom is -0.378 e. The molecule has 1 heterocycles. The molecule has 5 heteroatoms. The number of carbonyl (C=O) groups excluding carboxylic acids is 2. The molecule has 1 aliphatic rings. The van der Waals surface area contributed by atoms with E-state index in [0.29, 0.717) is 12.1 Å². The predicted molar refractivity (Wildman–Crippen MR) is 84.6 cm³/mol. The quantitative estimate of drug-likeness (QED) is 0.872. The topological polar surface area (TPSA) is 58.6 Å². The Labute approximate surface area is 131 Å². The van der Waals surface area contributed by atoms with Crippen molar-refractivity contribution < 1.29 is 14.3 Å².